The van der Waals surface area contributed by atoms with E-state index < -0.39 is 0 Å². The molecule has 3 rings (SSSR count). The summed E-state index contributed by atoms with van der Waals surface area (Å²) in [5.74, 6) is 1.34. The quantitative estimate of drug-likeness (QED) is 0.722. The van der Waals surface area contributed by atoms with Crippen molar-refractivity contribution in [1.82, 2.24) is 24.9 Å². The molecule has 2 aromatic rings. The van der Waals surface area contributed by atoms with Crippen molar-refractivity contribution in [2.75, 3.05) is 26.2 Å². The number of pyridine rings is 1. The van der Waals surface area contributed by atoms with Crippen LogP contribution in [0.15, 0.2) is 29.0 Å². The summed E-state index contributed by atoms with van der Waals surface area (Å²) >= 11 is 0. The van der Waals surface area contributed by atoms with Crippen molar-refractivity contribution in [1.29, 1.82) is 0 Å². The van der Waals surface area contributed by atoms with E-state index in [1.165, 1.54) is 0 Å². The highest BCUT2D eigenvalue weighted by atomic mass is 16.5. The number of likely N-dealkylation sites (N-methyl/N-ethyl adjacent to an activating group) is 1. The Kier molecular flexibility index (Phi) is 6.33. The van der Waals surface area contributed by atoms with Crippen molar-refractivity contribution in [2.24, 2.45) is 0 Å². The van der Waals surface area contributed by atoms with Crippen LogP contribution in [-0.4, -0.2) is 63.1 Å². The first-order valence-corrected chi connectivity index (χ1v) is 9.46. The Morgan fingerprint density at radius 2 is 2.23 bits per heavy atom. The number of aromatic nitrogens is 3. The fraction of sp³-hybridized carbons (Fsp3) is 0.579. The van der Waals surface area contributed by atoms with E-state index in [-0.39, 0.29) is 5.91 Å². The number of rotatable bonds is 8. The van der Waals surface area contributed by atoms with E-state index in [2.05, 4.69) is 33.9 Å². The standard InChI is InChI=1S/C19H27N5O2/c1-3-23(4-2)16-10-12-24(14-16)18(25)9-5-8-17-21-19(22-26-17)15-7-6-11-20-13-15/h6-7,11,13,16H,3-5,8-10,12,14H2,1-2H3/t16-/m0/s1. The number of hydrogen-bond acceptors (Lipinski definition) is 6. The lowest BCUT2D eigenvalue weighted by molar-refractivity contribution is -0.130. The number of nitrogens with zero attached hydrogens (tertiary/aromatic N) is 5. The highest BCUT2D eigenvalue weighted by Crippen LogP contribution is 2.18. The molecule has 7 nitrogen and oxygen atoms in total. The van der Waals surface area contributed by atoms with Gasteiger partial charge < -0.3 is 9.42 Å². The van der Waals surface area contributed by atoms with E-state index in [4.69, 9.17) is 4.52 Å². The third kappa shape index (κ3) is 4.46. The first kappa shape index (κ1) is 18.5. The van der Waals surface area contributed by atoms with Gasteiger partial charge in [0.1, 0.15) is 0 Å². The number of hydrogen-bond donors (Lipinski definition) is 0. The Labute approximate surface area is 154 Å². The maximum atomic E-state index is 12.4. The van der Waals surface area contributed by atoms with Crippen molar-refractivity contribution < 1.29 is 9.32 Å². The zero-order chi connectivity index (χ0) is 18.4. The minimum atomic E-state index is 0.228. The molecule has 0 N–H and O–H groups in total. The molecule has 2 aromatic heterocycles. The van der Waals surface area contributed by atoms with Crippen molar-refractivity contribution in [3.63, 3.8) is 0 Å². The van der Waals surface area contributed by atoms with Gasteiger partial charge in [-0.05, 0) is 38.1 Å². The predicted octanol–water partition coefficient (Wildman–Crippen LogP) is 2.40. The summed E-state index contributed by atoms with van der Waals surface area (Å²) in [6, 6.07) is 4.24. The Morgan fingerprint density at radius 3 is 2.96 bits per heavy atom. The molecule has 1 aliphatic heterocycles. The van der Waals surface area contributed by atoms with Gasteiger partial charge in [-0.2, -0.15) is 4.98 Å². The molecule has 0 aromatic carbocycles. The maximum absolute atomic E-state index is 12.4. The van der Waals surface area contributed by atoms with E-state index in [1.54, 1.807) is 12.4 Å². The van der Waals surface area contributed by atoms with Crippen molar-refractivity contribution in [2.45, 2.75) is 45.6 Å². The normalized spacial score (nSPS) is 17.2. The molecule has 3 heterocycles. The number of carbonyl (C=O) groups excluding carboxylic acids is 1. The maximum Gasteiger partial charge on any atom is 0.226 e. The monoisotopic (exact) mass is 357 g/mol. The number of amides is 1. The first-order chi connectivity index (χ1) is 12.7. The van der Waals surface area contributed by atoms with Crippen LogP contribution in [0.5, 0.6) is 0 Å². The molecule has 0 saturated carbocycles. The van der Waals surface area contributed by atoms with Crippen molar-refractivity contribution in [3.8, 4) is 11.4 Å². The van der Waals surface area contributed by atoms with Crippen LogP contribution in [0.3, 0.4) is 0 Å². The molecule has 0 unspecified atom stereocenters. The third-order valence-corrected chi connectivity index (χ3v) is 5.01. The SMILES string of the molecule is CCN(CC)[C@H]1CCN(C(=O)CCCc2nc(-c3cccnc3)no2)C1. The number of likely N-dealkylation sites (tertiary alicyclic amines) is 1. The summed E-state index contributed by atoms with van der Waals surface area (Å²) in [5, 5.41) is 3.98. The topological polar surface area (TPSA) is 75.4 Å². The van der Waals surface area contributed by atoms with Crippen LogP contribution in [0.1, 0.15) is 39.0 Å². The van der Waals surface area contributed by atoms with Crippen LogP contribution in [-0.2, 0) is 11.2 Å². The summed E-state index contributed by atoms with van der Waals surface area (Å²) in [6.45, 7) is 8.16. The lowest BCUT2D eigenvalue weighted by atomic mass is 10.2. The van der Waals surface area contributed by atoms with Gasteiger partial charge in [0.15, 0.2) is 0 Å². The second-order valence-electron chi connectivity index (χ2n) is 6.61. The van der Waals surface area contributed by atoms with E-state index in [9.17, 15) is 4.79 Å². The molecule has 1 aliphatic rings. The lowest BCUT2D eigenvalue weighted by Crippen LogP contribution is -2.38. The average molecular weight is 357 g/mol. The molecule has 140 valence electrons. The van der Waals surface area contributed by atoms with Crippen molar-refractivity contribution in [3.05, 3.63) is 30.4 Å². The fourth-order valence-corrected chi connectivity index (χ4v) is 3.52. The highest BCUT2D eigenvalue weighted by molar-refractivity contribution is 5.76. The molecule has 1 saturated heterocycles. The van der Waals surface area contributed by atoms with Gasteiger partial charge in [-0.15, -0.1) is 0 Å². The minimum absolute atomic E-state index is 0.228. The second kappa shape index (κ2) is 8.89. The smallest absolute Gasteiger partial charge is 0.226 e. The van der Waals surface area contributed by atoms with Gasteiger partial charge >= 0.3 is 0 Å². The van der Waals surface area contributed by atoms with Gasteiger partial charge in [0.2, 0.25) is 17.6 Å². The van der Waals surface area contributed by atoms with Crippen molar-refractivity contribution >= 4 is 5.91 Å². The van der Waals surface area contributed by atoms with Crippen LogP contribution >= 0.6 is 0 Å². The second-order valence-corrected chi connectivity index (χ2v) is 6.61. The zero-order valence-electron chi connectivity index (χ0n) is 15.6. The molecule has 0 bridgehead atoms. The average Bonchev–Trinajstić information content (AvgIpc) is 3.34. The Balaban J connectivity index is 1.44. The zero-order valence-corrected chi connectivity index (χ0v) is 15.6. The van der Waals surface area contributed by atoms with Crippen LogP contribution in [0.4, 0.5) is 0 Å². The van der Waals surface area contributed by atoms with Gasteiger partial charge in [-0.25, -0.2) is 0 Å². The van der Waals surface area contributed by atoms with Gasteiger partial charge in [-0.3, -0.25) is 14.7 Å². The molecular formula is C19H27N5O2. The molecule has 7 heteroatoms. The molecule has 0 aliphatic carbocycles. The molecular weight excluding hydrogens is 330 g/mol. The number of aryl methyl sites for hydroxylation is 1. The largest absolute Gasteiger partial charge is 0.341 e. The van der Waals surface area contributed by atoms with Gasteiger partial charge in [-0.1, -0.05) is 19.0 Å². The van der Waals surface area contributed by atoms with E-state index in [1.807, 2.05) is 17.0 Å². The Morgan fingerprint density at radius 1 is 1.38 bits per heavy atom. The summed E-state index contributed by atoms with van der Waals surface area (Å²) in [5.41, 5.74) is 0.832. The van der Waals surface area contributed by atoms with Crippen LogP contribution in [0.25, 0.3) is 11.4 Å². The molecule has 26 heavy (non-hydrogen) atoms. The summed E-state index contributed by atoms with van der Waals surface area (Å²) < 4.78 is 5.28. The highest BCUT2D eigenvalue weighted by Gasteiger charge is 2.28. The summed E-state index contributed by atoms with van der Waals surface area (Å²) in [4.78, 5) is 25.3. The summed E-state index contributed by atoms with van der Waals surface area (Å²) in [7, 11) is 0. The molecule has 1 fully saturated rings. The van der Waals surface area contributed by atoms with Crippen LogP contribution in [0, 0.1) is 0 Å². The van der Waals surface area contributed by atoms with Gasteiger partial charge in [0.25, 0.3) is 0 Å². The predicted molar refractivity (Wildman–Crippen MR) is 98.4 cm³/mol. The van der Waals surface area contributed by atoms with Crippen LogP contribution in [0.2, 0.25) is 0 Å². The lowest BCUT2D eigenvalue weighted by Gasteiger charge is -2.26. The summed E-state index contributed by atoms with van der Waals surface area (Å²) in [6.07, 6.45) is 6.35. The van der Waals surface area contributed by atoms with Crippen LogP contribution < -0.4 is 0 Å². The fourth-order valence-electron chi connectivity index (χ4n) is 3.52. The van der Waals surface area contributed by atoms with Gasteiger partial charge in [0.05, 0.1) is 0 Å². The van der Waals surface area contributed by atoms with E-state index in [0.29, 0.717) is 30.6 Å². The van der Waals surface area contributed by atoms with E-state index >= 15 is 0 Å². The third-order valence-electron chi connectivity index (χ3n) is 5.01. The molecule has 1 atom stereocenters. The first-order valence-electron chi connectivity index (χ1n) is 9.46. The molecule has 1 amide bonds. The van der Waals surface area contributed by atoms with E-state index in [0.717, 1.165) is 44.6 Å². The molecule has 0 spiro atoms. The molecule has 0 radical (unpaired) electrons. The number of carbonyl (C=O) groups is 1. The minimum Gasteiger partial charge on any atom is -0.341 e. The Bertz CT molecular complexity index is 699. The Hall–Kier alpha value is -2.28. The van der Waals surface area contributed by atoms with Gasteiger partial charge in [0, 0.05) is 49.9 Å².